The van der Waals surface area contributed by atoms with Crippen LogP contribution in [-0.2, 0) is 4.79 Å². The first-order valence-corrected chi connectivity index (χ1v) is 10.0. The first kappa shape index (κ1) is 19.6. The van der Waals surface area contributed by atoms with Crippen molar-refractivity contribution in [2.24, 2.45) is 11.8 Å². The van der Waals surface area contributed by atoms with Crippen LogP contribution < -0.4 is 5.32 Å². The van der Waals surface area contributed by atoms with E-state index in [0.717, 1.165) is 50.7 Å². The Balaban J connectivity index is 0.00000196. The van der Waals surface area contributed by atoms with E-state index in [-0.39, 0.29) is 18.3 Å². The average molecular weight is 383 g/mol. The standard InChI is InChI=1S/C19H30N4O2.ClH/c1-13(14-6-8-20-9-7-14)11-17(24)23-10-2-3-16(12-23)18-21-19(25-22-18)15-4-5-15;/h13-16,20H,2-12H2,1H3;1H. The van der Waals surface area contributed by atoms with Gasteiger partial charge < -0.3 is 14.7 Å². The quantitative estimate of drug-likeness (QED) is 0.847. The van der Waals surface area contributed by atoms with E-state index < -0.39 is 0 Å². The Morgan fingerprint density at radius 3 is 2.73 bits per heavy atom. The zero-order chi connectivity index (χ0) is 17.2. The molecule has 7 heteroatoms. The third-order valence-corrected chi connectivity index (χ3v) is 6.21. The van der Waals surface area contributed by atoms with Crippen LogP contribution in [0, 0.1) is 11.8 Å². The van der Waals surface area contributed by atoms with Gasteiger partial charge >= 0.3 is 0 Å². The van der Waals surface area contributed by atoms with Gasteiger partial charge in [0.2, 0.25) is 11.8 Å². The van der Waals surface area contributed by atoms with Crippen molar-refractivity contribution in [1.82, 2.24) is 20.4 Å². The highest BCUT2D eigenvalue weighted by molar-refractivity contribution is 5.85. The summed E-state index contributed by atoms with van der Waals surface area (Å²) in [5, 5.41) is 7.60. The third-order valence-electron chi connectivity index (χ3n) is 6.21. The van der Waals surface area contributed by atoms with Crippen LogP contribution in [0.3, 0.4) is 0 Å². The van der Waals surface area contributed by atoms with Gasteiger partial charge in [0.05, 0.1) is 0 Å². The molecule has 1 aromatic heterocycles. The number of hydrogen-bond acceptors (Lipinski definition) is 5. The second kappa shape index (κ2) is 8.70. The van der Waals surface area contributed by atoms with Crippen molar-refractivity contribution in [2.45, 2.75) is 63.7 Å². The number of nitrogens with one attached hydrogen (secondary N) is 1. The monoisotopic (exact) mass is 382 g/mol. The molecule has 1 aromatic rings. The van der Waals surface area contributed by atoms with E-state index in [1.807, 2.05) is 4.90 Å². The van der Waals surface area contributed by atoms with Crippen LogP contribution in [-0.4, -0.2) is 47.1 Å². The molecular weight excluding hydrogens is 352 g/mol. The molecule has 2 atom stereocenters. The average Bonchev–Trinajstić information content (AvgIpc) is 3.39. The number of hydrogen-bond donors (Lipinski definition) is 1. The minimum atomic E-state index is 0. The summed E-state index contributed by atoms with van der Waals surface area (Å²) in [7, 11) is 0. The maximum absolute atomic E-state index is 12.8. The molecule has 1 N–H and O–H groups in total. The number of carbonyl (C=O) groups is 1. The first-order chi connectivity index (χ1) is 12.2. The van der Waals surface area contributed by atoms with Crippen LogP contribution in [0.1, 0.15) is 75.4 Å². The largest absolute Gasteiger partial charge is 0.342 e. The lowest BCUT2D eigenvalue weighted by atomic mass is 9.83. The van der Waals surface area contributed by atoms with Crippen LogP contribution in [0.25, 0.3) is 0 Å². The highest BCUT2D eigenvalue weighted by Gasteiger charge is 2.33. The van der Waals surface area contributed by atoms with Crippen LogP contribution in [0.5, 0.6) is 0 Å². The van der Waals surface area contributed by atoms with Gasteiger partial charge in [0, 0.05) is 31.3 Å². The molecule has 1 aliphatic carbocycles. The summed E-state index contributed by atoms with van der Waals surface area (Å²) in [6, 6.07) is 0. The van der Waals surface area contributed by atoms with Crippen molar-refractivity contribution in [1.29, 1.82) is 0 Å². The van der Waals surface area contributed by atoms with Gasteiger partial charge in [-0.1, -0.05) is 12.1 Å². The number of rotatable bonds is 5. The molecule has 146 valence electrons. The second-order valence-corrected chi connectivity index (χ2v) is 8.21. The van der Waals surface area contributed by atoms with E-state index in [1.165, 1.54) is 25.7 Å². The van der Waals surface area contributed by atoms with E-state index >= 15 is 0 Å². The van der Waals surface area contributed by atoms with Gasteiger partial charge in [-0.3, -0.25) is 4.79 Å². The predicted octanol–water partition coefficient (Wildman–Crippen LogP) is 3.10. The molecule has 0 aromatic carbocycles. The number of halogens is 1. The smallest absolute Gasteiger partial charge is 0.229 e. The Kier molecular flexibility index (Phi) is 6.56. The van der Waals surface area contributed by atoms with Gasteiger partial charge in [0.25, 0.3) is 0 Å². The third kappa shape index (κ3) is 4.58. The molecule has 2 unspecified atom stereocenters. The van der Waals surface area contributed by atoms with E-state index in [9.17, 15) is 4.79 Å². The lowest BCUT2D eigenvalue weighted by molar-refractivity contribution is -0.133. The van der Waals surface area contributed by atoms with E-state index in [1.54, 1.807) is 0 Å². The normalized spacial score (nSPS) is 25.6. The molecule has 4 rings (SSSR count). The molecule has 0 radical (unpaired) electrons. The molecule has 26 heavy (non-hydrogen) atoms. The molecule has 2 aliphatic heterocycles. The molecule has 1 amide bonds. The van der Waals surface area contributed by atoms with Crippen molar-refractivity contribution in [3.8, 4) is 0 Å². The number of nitrogens with zero attached hydrogens (tertiary/aromatic N) is 3. The molecule has 2 saturated heterocycles. The summed E-state index contributed by atoms with van der Waals surface area (Å²) in [6.07, 6.45) is 7.50. The number of amides is 1. The fraction of sp³-hybridized carbons (Fsp3) is 0.842. The topological polar surface area (TPSA) is 71.3 Å². The molecule has 3 aliphatic rings. The fourth-order valence-electron chi connectivity index (χ4n) is 4.31. The zero-order valence-corrected chi connectivity index (χ0v) is 16.5. The van der Waals surface area contributed by atoms with Crippen molar-refractivity contribution >= 4 is 18.3 Å². The summed E-state index contributed by atoms with van der Waals surface area (Å²) in [4.78, 5) is 19.4. The molecule has 6 nitrogen and oxygen atoms in total. The van der Waals surface area contributed by atoms with E-state index in [4.69, 9.17) is 4.52 Å². The summed E-state index contributed by atoms with van der Waals surface area (Å²) < 4.78 is 5.41. The Hall–Kier alpha value is -1.14. The summed E-state index contributed by atoms with van der Waals surface area (Å²) in [6.45, 7) is 6.06. The Morgan fingerprint density at radius 1 is 1.23 bits per heavy atom. The van der Waals surface area contributed by atoms with Gasteiger partial charge in [0.1, 0.15) is 0 Å². The highest BCUT2D eigenvalue weighted by atomic mass is 35.5. The maximum atomic E-state index is 12.8. The minimum absolute atomic E-state index is 0. The second-order valence-electron chi connectivity index (χ2n) is 8.21. The van der Waals surface area contributed by atoms with Crippen LogP contribution >= 0.6 is 12.4 Å². The Morgan fingerprint density at radius 2 is 2.00 bits per heavy atom. The molecular formula is C19H31ClN4O2. The van der Waals surface area contributed by atoms with Gasteiger partial charge in [-0.05, 0) is 63.5 Å². The SMILES string of the molecule is CC(CC(=O)N1CCCC(c2noc(C3CC3)n2)C1)C1CCNCC1.Cl. The van der Waals surface area contributed by atoms with Gasteiger partial charge in [-0.2, -0.15) is 4.98 Å². The van der Waals surface area contributed by atoms with Crippen LogP contribution in [0.15, 0.2) is 4.52 Å². The van der Waals surface area contributed by atoms with Gasteiger partial charge in [-0.15, -0.1) is 12.4 Å². The lowest BCUT2D eigenvalue weighted by Gasteiger charge is -2.34. The fourth-order valence-corrected chi connectivity index (χ4v) is 4.31. The molecule has 0 bridgehead atoms. The molecule has 3 heterocycles. The maximum Gasteiger partial charge on any atom is 0.229 e. The highest BCUT2D eigenvalue weighted by Crippen LogP contribution is 2.39. The number of aromatic nitrogens is 2. The van der Waals surface area contributed by atoms with Crippen LogP contribution in [0.4, 0.5) is 0 Å². The van der Waals surface area contributed by atoms with Gasteiger partial charge in [0.15, 0.2) is 5.82 Å². The number of carbonyl (C=O) groups excluding carboxylic acids is 1. The number of likely N-dealkylation sites (tertiary alicyclic amines) is 1. The van der Waals surface area contributed by atoms with E-state index in [2.05, 4.69) is 22.4 Å². The van der Waals surface area contributed by atoms with Crippen molar-refractivity contribution in [2.75, 3.05) is 26.2 Å². The van der Waals surface area contributed by atoms with Crippen molar-refractivity contribution in [3.05, 3.63) is 11.7 Å². The lowest BCUT2D eigenvalue weighted by Crippen LogP contribution is -2.41. The van der Waals surface area contributed by atoms with E-state index in [0.29, 0.717) is 30.1 Å². The number of piperidine rings is 2. The van der Waals surface area contributed by atoms with Crippen LogP contribution in [0.2, 0.25) is 0 Å². The molecule has 0 spiro atoms. The first-order valence-electron chi connectivity index (χ1n) is 10.0. The minimum Gasteiger partial charge on any atom is -0.342 e. The Labute approximate surface area is 161 Å². The summed E-state index contributed by atoms with van der Waals surface area (Å²) in [5.41, 5.74) is 0. The summed E-state index contributed by atoms with van der Waals surface area (Å²) >= 11 is 0. The van der Waals surface area contributed by atoms with Gasteiger partial charge in [-0.25, -0.2) is 0 Å². The predicted molar refractivity (Wildman–Crippen MR) is 101 cm³/mol. The molecule has 3 fully saturated rings. The van der Waals surface area contributed by atoms with Crippen molar-refractivity contribution in [3.63, 3.8) is 0 Å². The molecule has 1 saturated carbocycles. The summed E-state index contributed by atoms with van der Waals surface area (Å²) in [5.74, 6) is 3.81. The Bertz CT molecular complexity index is 598. The van der Waals surface area contributed by atoms with Crippen molar-refractivity contribution < 1.29 is 9.32 Å². The zero-order valence-electron chi connectivity index (χ0n) is 15.7.